The first-order valence-corrected chi connectivity index (χ1v) is 10.1. The maximum Gasteiger partial charge on any atom is 0.235 e. The van der Waals surface area contributed by atoms with Gasteiger partial charge in [0, 0.05) is 17.5 Å². The minimum absolute atomic E-state index is 0.0824. The monoisotopic (exact) mass is 377 g/mol. The number of hydrogen-bond acceptors (Lipinski definition) is 4. The second-order valence-electron chi connectivity index (χ2n) is 7.61. The molecule has 0 radical (unpaired) electrons. The number of carbonyl (C=O) groups excluding carboxylic acids is 1. The molecule has 138 valence electrons. The summed E-state index contributed by atoms with van der Waals surface area (Å²) >= 11 is 1.64. The van der Waals surface area contributed by atoms with Gasteiger partial charge in [0.1, 0.15) is 5.54 Å². The lowest BCUT2D eigenvalue weighted by atomic mass is 9.66. The zero-order valence-electron chi connectivity index (χ0n) is 15.6. The second-order valence-corrected chi connectivity index (χ2v) is 8.52. The van der Waals surface area contributed by atoms with E-state index in [1.165, 1.54) is 11.3 Å². The smallest absolute Gasteiger partial charge is 0.235 e. The molecule has 2 aromatic rings. The third kappa shape index (κ3) is 2.85. The summed E-state index contributed by atoms with van der Waals surface area (Å²) in [6.07, 6.45) is 8.88. The zero-order valence-corrected chi connectivity index (χ0v) is 16.4. The van der Waals surface area contributed by atoms with Gasteiger partial charge in [-0.2, -0.15) is 0 Å². The van der Waals surface area contributed by atoms with E-state index in [-0.39, 0.29) is 11.8 Å². The number of aliphatic imine (C=N–C) groups is 1. The topological polar surface area (TPSA) is 58.7 Å². The molecule has 1 fully saturated rings. The van der Waals surface area contributed by atoms with Crippen molar-refractivity contribution in [2.45, 2.75) is 31.7 Å². The molecule has 2 N–H and O–H groups in total. The Labute approximate surface area is 164 Å². The van der Waals surface area contributed by atoms with Crippen LogP contribution >= 0.6 is 11.3 Å². The van der Waals surface area contributed by atoms with Crippen molar-refractivity contribution >= 4 is 23.2 Å². The Balaban J connectivity index is 1.77. The second kappa shape index (κ2) is 6.54. The fraction of sp³-hybridized carbons (Fsp3) is 0.364. The minimum Gasteiger partial charge on any atom is -0.369 e. The molecule has 4 nitrogen and oxygen atoms in total. The molecule has 1 amide bonds. The van der Waals surface area contributed by atoms with Crippen molar-refractivity contribution in [1.29, 1.82) is 0 Å². The number of nitrogens with zero attached hydrogens (tertiary/aromatic N) is 2. The van der Waals surface area contributed by atoms with Crippen molar-refractivity contribution in [2.75, 3.05) is 7.05 Å². The average Bonchev–Trinajstić information content (AvgIpc) is 3.13. The summed E-state index contributed by atoms with van der Waals surface area (Å²) in [5.41, 5.74) is 8.51. The van der Waals surface area contributed by atoms with E-state index >= 15 is 0 Å². The molecule has 1 aliphatic carbocycles. The van der Waals surface area contributed by atoms with Crippen molar-refractivity contribution in [2.24, 2.45) is 22.6 Å². The number of nitrogens with two attached hydrogens (primary N) is 1. The van der Waals surface area contributed by atoms with Crippen molar-refractivity contribution in [3.05, 3.63) is 46.2 Å². The first-order valence-electron chi connectivity index (χ1n) is 9.23. The van der Waals surface area contributed by atoms with Gasteiger partial charge in [0.15, 0.2) is 5.96 Å². The maximum absolute atomic E-state index is 13.1. The summed E-state index contributed by atoms with van der Waals surface area (Å²) in [4.78, 5) is 20.5. The number of benzene rings is 1. The van der Waals surface area contributed by atoms with E-state index in [4.69, 9.17) is 17.1 Å². The van der Waals surface area contributed by atoms with Gasteiger partial charge in [-0.15, -0.1) is 17.8 Å². The third-order valence-electron chi connectivity index (χ3n) is 5.97. The molecule has 1 saturated carbocycles. The highest BCUT2D eigenvalue weighted by atomic mass is 32.1. The van der Waals surface area contributed by atoms with E-state index in [0.717, 1.165) is 34.4 Å². The number of hydrogen-bond donors (Lipinski definition) is 1. The molecule has 0 saturated heterocycles. The molecular weight excluding hydrogens is 354 g/mol. The Kier molecular flexibility index (Phi) is 4.32. The number of thiophene rings is 1. The average molecular weight is 378 g/mol. The van der Waals surface area contributed by atoms with Crippen LogP contribution in [0.3, 0.4) is 0 Å². The number of terminal acetylenes is 1. The van der Waals surface area contributed by atoms with Crippen LogP contribution in [0.5, 0.6) is 0 Å². The highest BCUT2D eigenvalue weighted by Crippen LogP contribution is 2.49. The number of rotatable bonds is 3. The Bertz CT molecular complexity index is 966. The maximum atomic E-state index is 13.1. The lowest BCUT2D eigenvalue weighted by Crippen LogP contribution is -2.56. The van der Waals surface area contributed by atoms with Gasteiger partial charge in [-0.1, -0.05) is 24.5 Å². The van der Waals surface area contributed by atoms with E-state index < -0.39 is 5.54 Å². The van der Waals surface area contributed by atoms with Crippen LogP contribution in [0.2, 0.25) is 0 Å². The van der Waals surface area contributed by atoms with Crippen LogP contribution in [-0.2, 0) is 10.3 Å². The molecule has 4 rings (SSSR count). The lowest BCUT2D eigenvalue weighted by molar-refractivity contribution is -0.138. The van der Waals surface area contributed by atoms with Crippen LogP contribution in [-0.4, -0.2) is 23.8 Å². The molecule has 0 bridgehead atoms. The van der Waals surface area contributed by atoms with E-state index in [9.17, 15) is 4.79 Å². The Morgan fingerprint density at radius 3 is 2.78 bits per heavy atom. The molecule has 5 heteroatoms. The van der Waals surface area contributed by atoms with Gasteiger partial charge in [0.25, 0.3) is 0 Å². The van der Waals surface area contributed by atoms with E-state index in [2.05, 4.69) is 30.4 Å². The highest BCUT2D eigenvalue weighted by Gasteiger charge is 2.51. The molecule has 27 heavy (non-hydrogen) atoms. The zero-order chi connectivity index (χ0) is 19.2. The fourth-order valence-electron chi connectivity index (χ4n) is 4.13. The van der Waals surface area contributed by atoms with Crippen LogP contribution in [0.15, 0.2) is 40.7 Å². The third-order valence-corrected chi connectivity index (χ3v) is 7.13. The Hall–Kier alpha value is -2.58. The molecule has 2 aliphatic rings. The first kappa shape index (κ1) is 17.8. The quantitative estimate of drug-likeness (QED) is 0.827. The van der Waals surface area contributed by atoms with Crippen LogP contribution in [0.25, 0.3) is 11.1 Å². The van der Waals surface area contributed by atoms with E-state index in [1.54, 1.807) is 18.4 Å². The largest absolute Gasteiger partial charge is 0.369 e. The molecule has 2 heterocycles. The minimum atomic E-state index is -0.620. The summed E-state index contributed by atoms with van der Waals surface area (Å²) in [5, 5.41) is 2.11. The summed E-state index contributed by atoms with van der Waals surface area (Å²) in [5.74, 6) is 3.27. The summed E-state index contributed by atoms with van der Waals surface area (Å²) in [6, 6.07) is 10.1. The Morgan fingerprint density at radius 2 is 2.11 bits per heavy atom. The van der Waals surface area contributed by atoms with Crippen molar-refractivity contribution in [3.8, 4) is 23.5 Å². The summed E-state index contributed by atoms with van der Waals surface area (Å²) < 4.78 is 0. The SMILES string of the molecule is C#Cc1cccc(-c2csc([C@@]3(C)N=C(N)N(C)C(=O)[C@@H]3C3CCC3)c2)c1. The Morgan fingerprint density at radius 1 is 1.33 bits per heavy atom. The normalized spacial score (nSPS) is 25.7. The van der Waals surface area contributed by atoms with Gasteiger partial charge in [0.05, 0.1) is 5.92 Å². The van der Waals surface area contributed by atoms with Gasteiger partial charge in [-0.3, -0.25) is 9.69 Å². The van der Waals surface area contributed by atoms with Crippen LogP contribution in [0.4, 0.5) is 0 Å². The lowest BCUT2D eigenvalue weighted by Gasteiger charge is -2.46. The number of amides is 1. The van der Waals surface area contributed by atoms with Crippen molar-refractivity contribution in [1.82, 2.24) is 4.90 Å². The number of carbonyl (C=O) groups is 1. The van der Waals surface area contributed by atoms with Gasteiger partial charge in [0.2, 0.25) is 5.91 Å². The highest BCUT2D eigenvalue weighted by molar-refractivity contribution is 7.10. The summed E-state index contributed by atoms with van der Waals surface area (Å²) in [7, 11) is 1.72. The van der Waals surface area contributed by atoms with Crippen LogP contribution in [0.1, 0.15) is 36.6 Å². The summed E-state index contributed by atoms with van der Waals surface area (Å²) in [6.45, 7) is 2.06. The molecule has 1 aliphatic heterocycles. The molecule has 2 atom stereocenters. The molecule has 0 spiro atoms. The standard InChI is InChI=1S/C22H23N3OS/c1-4-14-7-5-10-16(11-14)17-12-18(27-13-17)22(2)19(15-8-6-9-15)20(26)25(3)21(23)24-22/h1,5,7,10-13,15,19H,6,8-9H2,2-3H3,(H2,23,24)/t19-,22+/m0/s1. The molecule has 0 unspecified atom stereocenters. The van der Waals surface area contributed by atoms with Crippen molar-refractivity contribution in [3.63, 3.8) is 0 Å². The van der Waals surface area contributed by atoms with Gasteiger partial charge >= 0.3 is 0 Å². The van der Waals surface area contributed by atoms with Gasteiger partial charge in [-0.25, -0.2) is 4.99 Å². The molecular formula is C22H23N3OS. The van der Waals surface area contributed by atoms with E-state index in [0.29, 0.717) is 11.9 Å². The first-order chi connectivity index (χ1) is 12.9. The van der Waals surface area contributed by atoms with Crippen LogP contribution in [0, 0.1) is 24.2 Å². The van der Waals surface area contributed by atoms with Crippen molar-refractivity contribution < 1.29 is 4.79 Å². The predicted octanol–water partition coefficient (Wildman–Crippen LogP) is 3.81. The molecule has 1 aromatic heterocycles. The molecule has 1 aromatic carbocycles. The number of guanidine groups is 1. The predicted molar refractivity (Wildman–Crippen MR) is 110 cm³/mol. The van der Waals surface area contributed by atoms with Gasteiger partial charge < -0.3 is 5.73 Å². The van der Waals surface area contributed by atoms with Gasteiger partial charge in [-0.05, 0) is 60.4 Å². The van der Waals surface area contributed by atoms with E-state index in [1.807, 2.05) is 18.2 Å². The fourth-order valence-corrected chi connectivity index (χ4v) is 5.19. The van der Waals surface area contributed by atoms with Crippen LogP contribution < -0.4 is 5.73 Å².